The topological polar surface area (TPSA) is 80.3 Å². The Hall–Kier alpha value is -2.87. The SMILES string of the molecule is N#Cc1ccc(Nc2ccc3c(c2)OCCCO3)cc1N. The minimum atomic E-state index is 0.455. The van der Waals surface area contributed by atoms with Crippen LogP contribution in [0.4, 0.5) is 17.1 Å². The summed E-state index contributed by atoms with van der Waals surface area (Å²) in [5.74, 6) is 1.50. The standard InChI is InChI=1S/C16H15N3O2/c17-10-11-2-3-12(8-14(11)18)19-13-4-5-15-16(9-13)21-7-1-6-20-15/h2-5,8-9,19H,1,6-7,18H2. The maximum atomic E-state index is 8.88. The van der Waals surface area contributed by atoms with Crippen molar-refractivity contribution in [1.82, 2.24) is 0 Å². The molecular weight excluding hydrogens is 266 g/mol. The lowest BCUT2D eigenvalue weighted by molar-refractivity contribution is 0.297. The van der Waals surface area contributed by atoms with E-state index in [2.05, 4.69) is 5.32 Å². The minimum Gasteiger partial charge on any atom is -0.490 e. The maximum Gasteiger partial charge on any atom is 0.163 e. The number of benzene rings is 2. The van der Waals surface area contributed by atoms with E-state index in [4.69, 9.17) is 20.5 Å². The average molecular weight is 281 g/mol. The first-order valence-electron chi connectivity index (χ1n) is 6.72. The Morgan fingerprint density at radius 3 is 2.48 bits per heavy atom. The van der Waals surface area contributed by atoms with Gasteiger partial charge >= 0.3 is 0 Å². The number of hydrogen-bond acceptors (Lipinski definition) is 5. The smallest absolute Gasteiger partial charge is 0.163 e. The molecule has 5 heteroatoms. The third-order valence-electron chi connectivity index (χ3n) is 3.21. The van der Waals surface area contributed by atoms with Gasteiger partial charge in [0.2, 0.25) is 0 Å². The summed E-state index contributed by atoms with van der Waals surface area (Å²) in [6.45, 7) is 1.33. The van der Waals surface area contributed by atoms with Crippen molar-refractivity contribution in [2.75, 3.05) is 24.3 Å². The van der Waals surface area contributed by atoms with E-state index in [1.807, 2.05) is 30.3 Å². The molecule has 3 N–H and O–H groups in total. The lowest BCUT2D eigenvalue weighted by Crippen LogP contribution is -1.97. The van der Waals surface area contributed by atoms with Crippen LogP contribution in [0.3, 0.4) is 0 Å². The van der Waals surface area contributed by atoms with E-state index in [0.29, 0.717) is 24.5 Å². The summed E-state index contributed by atoms with van der Waals surface area (Å²) in [6.07, 6.45) is 0.879. The highest BCUT2D eigenvalue weighted by Gasteiger charge is 2.10. The molecule has 0 aliphatic carbocycles. The summed E-state index contributed by atoms with van der Waals surface area (Å²) in [5.41, 5.74) is 8.44. The number of ether oxygens (including phenoxy) is 2. The molecule has 2 aromatic carbocycles. The molecule has 0 spiro atoms. The van der Waals surface area contributed by atoms with Crippen LogP contribution in [-0.2, 0) is 0 Å². The minimum absolute atomic E-state index is 0.455. The van der Waals surface area contributed by atoms with Crippen molar-refractivity contribution in [1.29, 1.82) is 5.26 Å². The number of rotatable bonds is 2. The van der Waals surface area contributed by atoms with E-state index < -0.39 is 0 Å². The zero-order valence-electron chi connectivity index (χ0n) is 11.4. The predicted octanol–water partition coefficient (Wildman–Crippen LogP) is 3.05. The van der Waals surface area contributed by atoms with Gasteiger partial charge in [0, 0.05) is 23.9 Å². The molecule has 0 unspecified atom stereocenters. The first-order chi connectivity index (χ1) is 10.3. The van der Waals surface area contributed by atoms with Crippen LogP contribution >= 0.6 is 0 Å². The fourth-order valence-corrected chi connectivity index (χ4v) is 2.15. The van der Waals surface area contributed by atoms with Crippen molar-refractivity contribution in [3.05, 3.63) is 42.0 Å². The Kier molecular flexibility index (Phi) is 3.52. The van der Waals surface area contributed by atoms with Crippen molar-refractivity contribution < 1.29 is 9.47 Å². The third kappa shape index (κ3) is 2.84. The van der Waals surface area contributed by atoms with Gasteiger partial charge < -0.3 is 20.5 Å². The predicted molar refractivity (Wildman–Crippen MR) is 80.9 cm³/mol. The summed E-state index contributed by atoms with van der Waals surface area (Å²) < 4.78 is 11.2. The van der Waals surface area contributed by atoms with Crippen LogP contribution < -0.4 is 20.5 Å². The highest BCUT2D eigenvalue weighted by molar-refractivity contribution is 5.69. The number of anilines is 3. The van der Waals surface area contributed by atoms with Crippen LogP contribution in [0.15, 0.2) is 36.4 Å². The highest BCUT2D eigenvalue weighted by atomic mass is 16.5. The Morgan fingerprint density at radius 2 is 1.71 bits per heavy atom. The molecule has 0 bridgehead atoms. The first-order valence-corrected chi connectivity index (χ1v) is 6.72. The van der Waals surface area contributed by atoms with E-state index >= 15 is 0 Å². The monoisotopic (exact) mass is 281 g/mol. The second-order valence-corrected chi connectivity index (χ2v) is 4.75. The Labute approximate surface area is 122 Å². The molecule has 3 rings (SSSR count). The third-order valence-corrected chi connectivity index (χ3v) is 3.21. The summed E-state index contributed by atoms with van der Waals surface area (Å²) in [6, 6.07) is 13.0. The molecule has 0 amide bonds. The second-order valence-electron chi connectivity index (χ2n) is 4.75. The van der Waals surface area contributed by atoms with Crippen molar-refractivity contribution in [3.63, 3.8) is 0 Å². The molecule has 0 saturated heterocycles. The van der Waals surface area contributed by atoms with Gasteiger partial charge in [-0.05, 0) is 30.3 Å². The lowest BCUT2D eigenvalue weighted by atomic mass is 10.1. The van der Waals surface area contributed by atoms with Crippen molar-refractivity contribution in [2.45, 2.75) is 6.42 Å². The van der Waals surface area contributed by atoms with Gasteiger partial charge in [0.05, 0.1) is 24.5 Å². The molecule has 1 aliphatic heterocycles. The van der Waals surface area contributed by atoms with Crippen LogP contribution in [0.1, 0.15) is 12.0 Å². The van der Waals surface area contributed by atoms with Crippen LogP contribution in [-0.4, -0.2) is 13.2 Å². The molecule has 0 atom stereocenters. The average Bonchev–Trinajstić information content (AvgIpc) is 2.72. The fraction of sp³-hybridized carbons (Fsp3) is 0.188. The Morgan fingerprint density at radius 1 is 1.00 bits per heavy atom. The molecule has 0 radical (unpaired) electrons. The van der Waals surface area contributed by atoms with Gasteiger partial charge in [0.15, 0.2) is 11.5 Å². The molecule has 0 fully saturated rings. The van der Waals surface area contributed by atoms with Crippen LogP contribution in [0.25, 0.3) is 0 Å². The highest BCUT2D eigenvalue weighted by Crippen LogP contribution is 2.33. The van der Waals surface area contributed by atoms with Crippen molar-refractivity contribution in [3.8, 4) is 17.6 Å². The number of nitrogens with one attached hydrogen (secondary N) is 1. The van der Waals surface area contributed by atoms with E-state index in [0.717, 1.165) is 29.3 Å². The number of nitrogen functional groups attached to an aromatic ring is 1. The second kappa shape index (κ2) is 5.63. The number of nitrogens with zero attached hydrogens (tertiary/aromatic N) is 1. The molecule has 21 heavy (non-hydrogen) atoms. The molecule has 1 heterocycles. The van der Waals surface area contributed by atoms with Gasteiger partial charge in [-0.25, -0.2) is 0 Å². The van der Waals surface area contributed by atoms with Crippen LogP contribution in [0, 0.1) is 11.3 Å². The van der Waals surface area contributed by atoms with Crippen LogP contribution in [0.5, 0.6) is 11.5 Å². The fourth-order valence-electron chi connectivity index (χ4n) is 2.15. The normalized spacial score (nSPS) is 13.1. The molecule has 1 aliphatic rings. The quantitative estimate of drug-likeness (QED) is 0.827. The molecule has 5 nitrogen and oxygen atoms in total. The maximum absolute atomic E-state index is 8.88. The summed E-state index contributed by atoms with van der Waals surface area (Å²) >= 11 is 0. The van der Waals surface area contributed by atoms with Crippen molar-refractivity contribution in [2.24, 2.45) is 0 Å². The van der Waals surface area contributed by atoms with Crippen LogP contribution in [0.2, 0.25) is 0 Å². The van der Waals surface area contributed by atoms with E-state index in [-0.39, 0.29) is 0 Å². The molecule has 0 saturated carbocycles. The van der Waals surface area contributed by atoms with Gasteiger partial charge in [-0.3, -0.25) is 0 Å². The summed E-state index contributed by atoms with van der Waals surface area (Å²) in [4.78, 5) is 0. The van der Waals surface area contributed by atoms with Gasteiger partial charge in [0.25, 0.3) is 0 Å². The number of fused-ring (bicyclic) bond motifs is 1. The van der Waals surface area contributed by atoms with Gasteiger partial charge in [0.1, 0.15) is 6.07 Å². The number of nitrogens with two attached hydrogens (primary N) is 1. The molecule has 106 valence electrons. The molecular formula is C16H15N3O2. The van der Waals surface area contributed by atoms with Gasteiger partial charge in [-0.1, -0.05) is 0 Å². The van der Waals surface area contributed by atoms with Gasteiger partial charge in [-0.2, -0.15) is 5.26 Å². The summed E-state index contributed by atoms with van der Waals surface area (Å²) in [7, 11) is 0. The first kappa shape index (κ1) is 13.1. The largest absolute Gasteiger partial charge is 0.490 e. The Balaban J connectivity index is 1.83. The zero-order chi connectivity index (χ0) is 14.7. The summed E-state index contributed by atoms with van der Waals surface area (Å²) in [5, 5.41) is 12.1. The number of hydrogen-bond donors (Lipinski definition) is 2. The molecule has 2 aromatic rings. The van der Waals surface area contributed by atoms with Crippen molar-refractivity contribution >= 4 is 17.1 Å². The lowest BCUT2D eigenvalue weighted by Gasteiger charge is -2.11. The van der Waals surface area contributed by atoms with E-state index in [1.165, 1.54) is 0 Å². The Bertz CT molecular complexity index is 707. The van der Waals surface area contributed by atoms with Gasteiger partial charge in [-0.15, -0.1) is 0 Å². The number of nitriles is 1. The van der Waals surface area contributed by atoms with E-state index in [9.17, 15) is 0 Å². The van der Waals surface area contributed by atoms with E-state index in [1.54, 1.807) is 12.1 Å². The zero-order valence-corrected chi connectivity index (χ0v) is 11.4. The molecule has 0 aromatic heterocycles.